The van der Waals surface area contributed by atoms with E-state index in [0.29, 0.717) is 6.04 Å². The lowest BCUT2D eigenvalue weighted by atomic mass is 9.96. The summed E-state index contributed by atoms with van der Waals surface area (Å²) in [6.45, 7) is 2.14. The molecular formula is C15H21NOS2. The number of hydrogen-bond donors (Lipinski definition) is 1. The van der Waals surface area contributed by atoms with Crippen LogP contribution >= 0.6 is 23.5 Å². The molecular weight excluding hydrogens is 274 g/mol. The zero-order valence-corrected chi connectivity index (χ0v) is 13.0. The van der Waals surface area contributed by atoms with Crippen molar-refractivity contribution in [2.75, 3.05) is 5.75 Å². The Morgan fingerprint density at radius 2 is 2.00 bits per heavy atom. The molecule has 1 amide bonds. The first-order chi connectivity index (χ1) is 9.28. The molecule has 1 N–H and O–H groups in total. The number of nitrogens with one attached hydrogen (secondary N) is 1. The van der Waals surface area contributed by atoms with Crippen molar-refractivity contribution in [1.82, 2.24) is 5.32 Å². The van der Waals surface area contributed by atoms with Crippen molar-refractivity contribution in [1.29, 1.82) is 0 Å². The van der Waals surface area contributed by atoms with Gasteiger partial charge in [-0.2, -0.15) is 0 Å². The number of hydrogen-bond acceptors (Lipinski definition) is 3. The third-order valence-electron chi connectivity index (χ3n) is 3.25. The van der Waals surface area contributed by atoms with Crippen LogP contribution < -0.4 is 5.32 Å². The Hall–Kier alpha value is -0.610. The number of carbonyl (C=O) groups excluding carboxylic acids is 1. The molecule has 2 nitrogen and oxygen atoms in total. The van der Waals surface area contributed by atoms with Gasteiger partial charge in [0.2, 0.25) is 0 Å². The third-order valence-corrected chi connectivity index (χ3v) is 4.92. The standard InChI is InChI=1S/C15H21NOS2/c1-2-18-13-9-6-10-14(11-13)19-15(17)16-12-7-4-3-5-8-12/h6,9-12H,2-5,7-8H2,1H3,(H,16,17). The van der Waals surface area contributed by atoms with Crippen LogP contribution in [-0.4, -0.2) is 17.0 Å². The van der Waals surface area contributed by atoms with Crippen molar-refractivity contribution in [3.63, 3.8) is 0 Å². The summed E-state index contributed by atoms with van der Waals surface area (Å²) >= 11 is 3.12. The molecule has 0 aromatic heterocycles. The summed E-state index contributed by atoms with van der Waals surface area (Å²) in [6.07, 6.45) is 6.09. The summed E-state index contributed by atoms with van der Waals surface area (Å²) in [4.78, 5) is 14.3. The quantitative estimate of drug-likeness (QED) is 0.798. The van der Waals surface area contributed by atoms with E-state index < -0.39 is 0 Å². The summed E-state index contributed by atoms with van der Waals surface area (Å²) in [6, 6.07) is 8.61. The first-order valence-electron chi connectivity index (χ1n) is 6.99. The fourth-order valence-corrected chi connectivity index (χ4v) is 3.91. The normalized spacial score (nSPS) is 16.3. The maximum atomic E-state index is 12.0. The average molecular weight is 295 g/mol. The Kier molecular flexibility index (Phi) is 6.11. The predicted molar refractivity (Wildman–Crippen MR) is 84.1 cm³/mol. The highest BCUT2D eigenvalue weighted by atomic mass is 32.2. The Morgan fingerprint density at radius 3 is 2.74 bits per heavy atom. The van der Waals surface area contributed by atoms with Gasteiger partial charge < -0.3 is 5.32 Å². The van der Waals surface area contributed by atoms with E-state index in [1.165, 1.54) is 35.9 Å². The molecule has 0 radical (unpaired) electrons. The second kappa shape index (κ2) is 7.85. The molecule has 1 aliphatic rings. The number of amides is 1. The van der Waals surface area contributed by atoms with Crippen molar-refractivity contribution in [3.8, 4) is 0 Å². The summed E-state index contributed by atoms with van der Waals surface area (Å²) in [5.74, 6) is 1.06. The first kappa shape index (κ1) is 14.8. The van der Waals surface area contributed by atoms with Gasteiger partial charge >= 0.3 is 0 Å². The molecule has 19 heavy (non-hydrogen) atoms. The van der Waals surface area contributed by atoms with Gasteiger partial charge in [0.1, 0.15) is 0 Å². The number of carbonyl (C=O) groups is 1. The number of rotatable bonds is 4. The Balaban J connectivity index is 1.85. The lowest BCUT2D eigenvalue weighted by molar-refractivity contribution is 0.253. The zero-order valence-electron chi connectivity index (χ0n) is 11.4. The zero-order chi connectivity index (χ0) is 13.5. The minimum Gasteiger partial charge on any atom is -0.344 e. The molecule has 0 saturated heterocycles. The molecule has 1 aromatic rings. The van der Waals surface area contributed by atoms with Crippen LogP contribution in [0.25, 0.3) is 0 Å². The van der Waals surface area contributed by atoms with Crippen LogP contribution in [0.4, 0.5) is 4.79 Å². The highest BCUT2D eigenvalue weighted by Crippen LogP contribution is 2.26. The van der Waals surface area contributed by atoms with E-state index in [0.717, 1.165) is 23.5 Å². The molecule has 0 aliphatic heterocycles. The monoisotopic (exact) mass is 295 g/mol. The predicted octanol–water partition coefficient (Wildman–Crippen LogP) is 4.93. The maximum Gasteiger partial charge on any atom is 0.284 e. The summed E-state index contributed by atoms with van der Waals surface area (Å²) in [5.41, 5.74) is 0. The van der Waals surface area contributed by atoms with Gasteiger partial charge in [-0.3, -0.25) is 4.79 Å². The van der Waals surface area contributed by atoms with Crippen LogP contribution in [0.3, 0.4) is 0 Å². The van der Waals surface area contributed by atoms with E-state index in [4.69, 9.17) is 0 Å². The molecule has 4 heteroatoms. The van der Waals surface area contributed by atoms with Crippen LogP contribution in [-0.2, 0) is 0 Å². The molecule has 0 unspecified atom stereocenters. The third kappa shape index (κ3) is 5.11. The summed E-state index contributed by atoms with van der Waals surface area (Å²) < 4.78 is 0. The van der Waals surface area contributed by atoms with Gasteiger partial charge in [0.05, 0.1) is 0 Å². The van der Waals surface area contributed by atoms with Gasteiger partial charge in [-0.05, 0) is 48.6 Å². The van der Waals surface area contributed by atoms with Crippen molar-refractivity contribution in [2.24, 2.45) is 0 Å². The van der Waals surface area contributed by atoms with Crippen molar-refractivity contribution in [3.05, 3.63) is 24.3 Å². The maximum absolute atomic E-state index is 12.0. The SMILES string of the molecule is CCSc1cccc(SC(=O)NC2CCCCC2)c1. The van der Waals surface area contributed by atoms with Crippen molar-refractivity contribution >= 4 is 28.8 Å². The largest absolute Gasteiger partial charge is 0.344 e. The highest BCUT2D eigenvalue weighted by Gasteiger charge is 2.16. The molecule has 1 fully saturated rings. The average Bonchev–Trinajstić information content (AvgIpc) is 2.40. The van der Waals surface area contributed by atoms with Gasteiger partial charge in [-0.25, -0.2) is 0 Å². The minimum atomic E-state index is 0.0885. The minimum absolute atomic E-state index is 0.0885. The topological polar surface area (TPSA) is 29.1 Å². The van der Waals surface area contributed by atoms with E-state index in [9.17, 15) is 4.79 Å². The summed E-state index contributed by atoms with van der Waals surface area (Å²) in [7, 11) is 0. The van der Waals surface area contributed by atoms with Crippen LogP contribution in [0.15, 0.2) is 34.1 Å². The lowest BCUT2D eigenvalue weighted by Gasteiger charge is -2.22. The van der Waals surface area contributed by atoms with Crippen LogP contribution in [0.1, 0.15) is 39.0 Å². The van der Waals surface area contributed by atoms with Crippen LogP contribution in [0.2, 0.25) is 0 Å². The molecule has 0 spiro atoms. The molecule has 2 rings (SSSR count). The summed E-state index contributed by atoms with van der Waals surface area (Å²) in [5, 5.41) is 3.22. The Labute approximate surface area is 124 Å². The molecule has 1 saturated carbocycles. The second-order valence-corrected chi connectivity index (χ2v) is 7.16. The fourth-order valence-electron chi connectivity index (χ4n) is 2.34. The van der Waals surface area contributed by atoms with Gasteiger partial charge in [0, 0.05) is 15.8 Å². The first-order valence-corrected chi connectivity index (χ1v) is 8.79. The number of benzene rings is 1. The lowest BCUT2D eigenvalue weighted by Crippen LogP contribution is -2.33. The molecule has 1 aliphatic carbocycles. The number of thioether (sulfide) groups is 2. The smallest absolute Gasteiger partial charge is 0.284 e. The van der Waals surface area contributed by atoms with Gasteiger partial charge in [-0.15, -0.1) is 11.8 Å². The molecule has 0 heterocycles. The van der Waals surface area contributed by atoms with E-state index >= 15 is 0 Å². The van der Waals surface area contributed by atoms with E-state index in [2.05, 4.69) is 24.4 Å². The van der Waals surface area contributed by atoms with Gasteiger partial charge in [0.15, 0.2) is 0 Å². The molecule has 0 atom stereocenters. The van der Waals surface area contributed by atoms with Crippen molar-refractivity contribution < 1.29 is 4.79 Å². The molecule has 0 bridgehead atoms. The van der Waals surface area contributed by atoms with Crippen molar-refractivity contribution in [2.45, 2.75) is 54.9 Å². The van der Waals surface area contributed by atoms with Crippen LogP contribution in [0, 0.1) is 0 Å². The molecule has 104 valence electrons. The van der Waals surface area contributed by atoms with Gasteiger partial charge in [0.25, 0.3) is 5.24 Å². The second-order valence-electron chi connectivity index (χ2n) is 4.78. The van der Waals surface area contributed by atoms with E-state index in [1.54, 1.807) is 0 Å². The fraction of sp³-hybridized carbons (Fsp3) is 0.533. The molecule has 1 aromatic carbocycles. The Morgan fingerprint density at radius 1 is 1.26 bits per heavy atom. The van der Waals surface area contributed by atoms with Gasteiger partial charge in [-0.1, -0.05) is 32.3 Å². The van der Waals surface area contributed by atoms with E-state index in [1.807, 2.05) is 23.9 Å². The highest BCUT2D eigenvalue weighted by molar-refractivity contribution is 8.13. The van der Waals surface area contributed by atoms with Crippen LogP contribution in [0.5, 0.6) is 0 Å². The van der Waals surface area contributed by atoms with E-state index in [-0.39, 0.29) is 5.24 Å². The Bertz CT molecular complexity index is 416.